The normalized spacial score (nSPS) is 18.5. The van der Waals surface area contributed by atoms with E-state index in [1.165, 1.54) is 18.6 Å². The molecule has 1 atom stereocenters. The molecule has 0 bridgehead atoms. The van der Waals surface area contributed by atoms with Crippen molar-refractivity contribution in [2.75, 3.05) is 20.1 Å². The van der Waals surface area contributed by atoms with Gasteiger partial charge in [-0.1, -0.05) is 12.1 Å². The standard InChI is InChI=1S/C15H21FN2O/c1-18(11-13-2-5-14(16)6-3-13)15(19)7-4-12-8-9-17-10-12/h2-3,5-6,12,17H,4,7-11H2,1H3. The number of nitrogens with one attached hydrogen (secondary N) is 1. The minimum absolute atomic E-state index is 0.163. The largest absolute Gasteiger partial charge is 0.341 e. The van der Waals surface area contributed by atoms with Crippen molar-refractivity contribution >= 4 is 5.91 Å². The first kappa shape index (κ1) is 14.0. The van der Waals surface area contributed by atoms with Gasteiger partial charge in [-0.05, 0) is 49.5 Å². The summed E-state index contributed by atoms with van der Waals surface area (Å²) in [6.45, 7) is 2.65. The lowest BCUT2D eigenvalue weighted by Crippen LogP contribution is -2.26. The lowest BCUT2D eigenvalue weighted by Gasteiger charge is -2.18. The summed E-state index contributed by atoms with van der Waals surface area (Å²) in [7, 11) is 1.80. The molecule has 1 saturated heterocycles. The summed E-state index contributed by atoms with van der Waals surface area (Å²) in [5.74, 6) is 0.561. The molecule has 104 valence electrons. The Balaban J connectivity index is 1.76. The van der Waals surface area contributed by atoms with Crippen LogP contribution in [0.1, 0.15) is 24.8 Å². The lowest BCUT2D eigenvalue weighted by atomic mass is 10.0. The maximum Gasteiger partial charge on any atom is 0.222 e. The smallest absolute Gasteiger partial charge is 0.222 e. The quantitative estimate of drug-likeness (QED) is 0.884. The van der Waals surface area contributed by atoms with E-state index in [0.29, 0.717) is 18.9 Å². The minimum atomic E-state index is -0.244. The van der Waals surface area contributed by atoms with Crippen LogP contribution in [-0.4, -0.2) is 30.9 Å². The highest BCUT2D eigenvalue weighted by atomic mass is 19.1. The summed E-state index contributed by atoms with van der Waals surface area (Å²) in [5, 5.41) is 3.31. The number of rotatable bonds is 5. The Morgan fingerprint density at radius 2 is 2.16 bits per heavy atom. The molecule has 0 spiro atoms. The van der Waals surface area contributed by atoms with Crippen molar-refractivity contribution in [1.29, 1.82) is 0 Å². The van der Waals surface area contributed by atoms with Crippen LogP contribution in [0, 0.1) is 11.7 Å². The molecule has 1 unspecified atom stereocenters. The molecule has 1 N–H and O–H groups in total. The second kappa shape index (κ2) is 6.66. The number of amides is 1. The Bertz CT molecular complexity index is 413. The highest BCUT2D eigenvalue weighted by molar-refractivity contribution is 5.75. The van der Waals surface area contributed by atoms with Gasteiger partial charge in [0.2, 0.25) is 5.91 Å². The van der Waals surface area contributed by atoms with Crippen LogP contribution < -0.4 is 5.32 Å². The van der Waals surface area contributed by atoms with Gasteiger partial charge < -0.3 is 10.2 Å². The zero-order chi connectivity index (χ0) is 13.7. The molecule has 3 nitrogen and oxygen atoms in total. The summed E-state index contributed by atoms with van der Waals surface area (Å²) >= 11 is 0. The molecule has 1 aliphatic heterocycles. The Hall–Kier alpha value is -1.42. The van der Waals surface area contributed by atoms with Gasteiger partial charge in [-0.25, -0.2) is 4.39 Å². The SMILES string of the molecule is CN(Cc1ccc(F)cc1)C(=O)CCC1CCNC1. The third-order valence-corrected chi connectivity index (χ3v) is 3.69. The van der Waals surface area contributed by atoms with Crippen molar-refractivity contribution in [2.24, 2.45) is 5.92 Å². The number of hydrogen-bond acceptors (Lipinski definition) is 2. The molecule has 2 rings (SSSR count). The first-order valence-electron chi connectivity index (χ1n) is 6.84. The van der Waals surface area contributed by atoms with E-state index in [4.69, 9.17) is 0 Å². The van der Waals surface area contributed by atoms with Crippen LogP contribution >= 0.6 is 0 Å². The fraction of sp³-hybridized carbons (Fsp3) is 0.533. The van der Waals surface area contributed by atoms with Crippen molar-refractivity contribution in [3.63, 3.8) is 0 Å². The molecule has 1 aliphatic rings. The molecule has 1 fully saturated rings. The van der Waals surface area contributed by atoms with Crippen LogP contribution in [0.5, 0.6) is 0 Å². The summed E-state index contributed by atoms with van der Waals surface area (Å²) in [6, 6.07) is 6.30. The number of benzene rings is 1. The van der Waals surface area contributed by atoms with Crippen LogP contribution in [0.15, 0.2) is 24.3 Å². The van der Waals surface area contributed by atoms with E-state index >= 15 is 0 Å². The maximum atomic E-state index is 12.8. The highest BCUT2D eigenvalue weighted by Gasteiger charge is 2.17. The zero-order valence-corrected chi connectivity index (χ0v) is 11.4. The Kier molecular flexibility index (Phi) is 4.91. The summed E-state index contributed by atoms with van der Waals surface area (Å²) < 4.78 is 12.8. The van der Waals surface area contributed by atoms with E-state index in [1.54, 1.807) is 24.1 Å². The minimum Gasteiger partial charge on any atom is -0.341 e. The van der Waals surface area contributed by atoms with E-state index in [2.05, 4.69) is 5.32 Å². The summed E-state index contributed by atoms with van der Waals surface area (Å²) in [6.07, 6.45) is 2.73. The van der Waals surface area contributed by atoms with Gasteiger partial charge >= 0.3 is 0 Å². The van der Waals surface area contributed by atoms with E-state index in [0.717, 1.165) is 25.1 Å². The Labute approximate surface area is 113 Å². The average molecular weight is 264 g/mol. The van der Waals surface area contributed by atoms with Gasteiger partial charge in [-0.15, -0.1) is 0 Å². The number of carbonyl (C=O) groups excluding carboxylic acids is 1. The lowest BCUT2D eigenvalue weighted by molar-refractivity contribution is -0.130. The van der Waals surface area contributed by atoms with Crippen molar-refractivity contribution in [1.82, 2.24) is 10.2 Å². The van der Waals surface area contributed by atoms with Crippen molar-refractivity contribution in [3.05, 3.63) is 35.6 Å². The highest BCUT2D eigenvalue weighted by Crippen LogP contribution is 2.15. The molecule has 1 heterocycles. The number of carbonyl (C=O) groups is 1. The molecule has 4 heteroatoms. The summed E-state index contributed by atoms with van der Waals surface area (Å²) in [4.78, 5) is 13.7. The summed E-state index contributed by atoms with van der Waals surface area (Å²) in [5.41, 5.74) is 0.958. The predicted molar refractivity (Wildman–Crippen MR) is 73.1 cm³/mol. The number of hydrogen-bond donors (Lipinski definition) is 1. The maximum absolute atomic E-state index is 12.8. The van der Waals surface area contributed by atoms with Crippen molar-refractivity contribution < 1.29 is 9.18 Å². The van der Waals surface area contributed by atoms with Crippen LogP contribution in [0.25, 0.3) is 0 Å². The second-order valence-corrected chi connectivity index (χ2v) is 5.27. The van der Waals surface area contributed by atoms with Crippen molar-refractivity contribution in [3.8, 4) is 0 Å². The van der Waals surface area contributed by atoms with Crippen LogP contribution in [0.2, 0.25) is 0 Å². The monoisotopic (exact) mass is 264 g/mol. The van der Waals surface area contributed by atoms with Crippen LogP contribution in [-0.2, 0) is 11.3 Å². The van der Waals surface area contributed by atoms with Gasteiger partial charge in [0.15, 0.2) is 0 Å². The fourth-order valence-corrected chi connectivity index (χ4v) is 2.43. The third-order valence-electron chi connectivity index (χ3n) is 3.69. The molecular formula is C15H21FN2O. The van der Waals surface area contributed by atoms with Gasteiger partial charge in [0.1, 0.15) is 5.82 Å². The van der Waals surface area contributed by atoms with Crippen LogP contribution in [0.4, 0.5) is 4.39 Å². The molecule has 1 aromatic rings. The predicted octanol–water partition coefficient (Wildman–Crippen LogP) is 2.17. The molecule has 0 saturated carbocycles. The molecule has 19 heavy (non-hydrogen) atoms. The third kappa shape index (κ3) is 4.31. The topological polar surface area (TPSA) is 32.3 Å². The number of nitrogens with zero attached hydrogens (tertiary/aromatic N) is 1. The van der Waals surface area contributed by atoms with Gasteiger partial charge in [-0.3, -0.25) is 4.79 Å². The van der Waals surface area contributed by atoms with Crippen molar-refractivity contribution in [2.45, 2.75) is 25.8 Å². The molecular weight excluding hydrogens is 243 g/mol. The second-order valence-electron chi connectivity index (χ2n) is 5.27. The van der Waals surface area contributed by atoms with Crippen LogP contribution in [0.3, 0.4) is 0 Å². The van der Waals surface area contributed by atoms with Gasteiger partial charge in [0.25, 0.3) is 0 Å². The fourth-order valence-electron chi connectivity index (χ4n) is 2.43. The first-order valence-corrected chi connectivity index (χ1v) is 6.84. The first-order chi connectivity index (χ1) is 9.15. The Morgan fingerprint density at radius 1 is 1.42 bits per heavy atom. The average Bonchev–Trinajstić information content (AvgIpc) is 2.91. The van der Waals surface area contributed by atoms with Gasteiger partial charge in [0, 0.05) is 20.0 Å². The van der Waals surface area contributed by atoms with E-state index in [-0.39, 0.29) is 11.7 Å². The molecule has 0 aromatic heterocycles. The Morgan fingerprint density at radius 3 is 2.79 bits per heavy atom. The number of halogens is 1. The van der Waals surface area contributed by atoms with E-state index in [1.807, 2.05) is 0 Å². The zero-order valence-electron chi connectivity index (χ0n) is 11.4. The molecule has 1 aromatic carbocycles. The van der Waals surface area contributed by atoms with Gasteiger partial charge in [0.05, 0.1) is 0 Å². The van der Waals surface area contributed by atoms with E-state index in [9.17, 15) is 9.18 Å². The molecule has 1 amide bonds. The molecule has 0 aliphatic carbocycles. The van der Waals surface area contributed by atoms with E-state index < -0.39 is 0 Å². The molecule has 0 radical (unpaired) electrons. The van der Waals surface area contributed by atoms with Gasteiger partial charge in [-0.2, -0.15) is 0 Å².